The molecule has 0 aromatic heterocycles. The van der Waals surface area contributed by atoms with Crippen molar-refractivity contribution in [3.05, 3.63) is 61.3 Å². The number of rotatable bonds is 44. The molecule has 1 atom stereocenters. The van der Waals surface area contributed by atoms with Gasteiger partial charge in [-0.05, 0) is 188 Å². The SMILES string of the molecule is C=C(C)C(=O)OCCCC[Si](C)(C)O[Si](C)(C)O[Si](C)(C)O[Si](C)(C)CCCCOC(=O)C(=C)C.C=C(C)C(=O)OCCCC[Si](C)(C)O[Si](C)(C)O[Si](C)(CCCOC(C(F)(F)F)C(F)(F)F)O[Si](C)(C)CCCCOC(=O)C(=C)C.C=CCOC(C(F)(F)F)C(F)(F)F.[Pt]. The molecule has 0 bridgehead atoms. The Morgan fingerprint density at radius 3 is 0.823 bits per heavy atom. The minimum Gasteiger partial charge on any atom is -0.462 e. The summed E-state index contributed by atoms with van der Waals surface area (Å²) in [6.45, 7) is 54.2. The second-order valence-electron chi connectivity index (χ2n) is 27.0. The second-order valence-corrected chi connectivity index (χ2v) is 59.1. The fourth-order valence-corrected chi connectivity index (χ4v) is 48.7. The van der Waals surface area contributed by atoms with Crippen LogP contribution in [0.1, 0.15) is 85.5 Å². The molecule has 0 heterocycles. The molecule has 0 rings (SSSR count). The summed E-state index contributed by atoms with van der Waals surface area (Å²) in [7, 11) is -19.6. The van der Waals surface area contributed by atoms with Gasteiger partial charge in [0.2, 0.25) is 12.2 Å². The number of ether oxygens (including phenoxy) is 6. The molecule has 0 saturated heterocycles. The average molecular weight is 1720 g/mol. The Bertz CT molecular complexity index is 2330. The summed E-state index contributed by atoms with van der Waals surface area (Å²) in [5.41, 5.74) is 1.48. The molecule has 1 unspecified atom stereocenters. The Hall–Kier alpha value is -2.16. The Kier molecular flexibility index (Phi) is 46.3. The predicted octanol–water partition coefficient (Wildman–Crippen LogP) is 18.2. The molecule has 0 aliphatic heterocycles. The van der Waals surface area contributed by atoms with E-state index in [1.54, 1.807) is 34.2 Å². The summed E-state index contributed by atoms with van der Waals surface area (Å²) in [6, 6.07) is 3.46. The van der Waals surface area contributed by atoms with Crippen molar-refractivity contribution < 1.29 is 146 Å². The smallest absolute Gasteiger partial charge is 0.423 e. The number of esters is 4. The van der Waals surface area contributed by atoms with Crippen molar-refractivity contribution >= 4 is 91.4 Å². The van der Waals surface area contributed by atoms with Crippen molar-refractivity contribution in [2.75, 3.05) is 39.6 Å². The third-order valence-electron chi connectivity index (χ3n) is 12.7. The Labute approximate surface area is 585 Å². The summed E-state index contributed by atoms with van der Waals surface area (Å²) in [4.78, 5) is 46.2. The van der Waals surface area contributed by atoms with Crippen LogP contribution in [0.3, 0.4) is 0 Å². The van der Waals surface area contributed by atoms with Crippen molar-refractivity contribution in [1.29, 1.82) is 0 Å². The van der Waals surface area contributed by atoms with E-state index in [1.165, 1.54) is 0 Å². The average Bonchev–Trinajstić information content (AvgIpc) is 0.836. The maximum atomic E-state index is 13.0. The minimum atomic E-state index is -5.59. The molecular weight excluding hydrogens is 1610 g/mol. The Balaban J connectivity index is -0.000000755. The Morgan fingerprint density at radius 1 is 0.344 bits per heavy atom. The van der Waals surface area contributed by atoms with Crippen molar-refractivity contribution in [2.45, 2.75) is 251 Å². The van der Waals surface area contributed by atoms with Crippen LogP contribution in [0.15, 0.2) is 61.3 Å². The summed E-state index contributed by atoms with van der Waals surface area (Å²) < 4.78 is 216. The van der Waals surface area contributed by atoms with Gasteiger partial charge in [-0.3, -0.25) is 0 Å². The van der Waals surface area contributed by atoms with Crippen LogP contribution >= 0.6 is 0 Å². The number of unbranched alkanes of at least 4 members (excludes halogenated alkanes) is 4. The number of hydrogen-bond acceptors (Lipinski definition) is 16. The third-order valence-corrected chi connectivity index (χ3v) is 44.2. The van der Waals surface area contributed by atoms with E-state index in [1.807, 2.05) is 39.3 Å². The van der Waals surface area contributed by atoms with E-state index in [9.17, 15) is 71.9 Å². The van der Waals surface area contributed by atoms with Crippen molar-refractivity contribution in [3.63, 3.8) is 0 Å². The van der Waals surface area contributed by atoms with Gasteiger partial charge in [0.15, 0.2) is 33.3 Å². The van der Waals surface area contributed by atoms with E-state index in [-0.39, 0.29) is 58.7 Å². The molecular formula is C59H110F12O16PtSi8. The molecule has 0 radical (unpaired) electrons. The summed E-state index contributed by atoms with van der Waals surface area (Å²) in [5.74, 6) is -1.58. The quantitative estimate of drug-likeness (QED) is 0.0107. The van der Waals surface area contributed by atoms with E-state index in [0.29, 0.717) is 60.8 Å². The number of hydrogen-bond donors (Lipinski definition) is 0. The largest absolute Gasteiger partial charge is 0.462 e. The molecule has 0 aliphatic carbocycles. The molecule has 16 nitrogen and oxygen atoms in total. The van der Waals surface area contributed by atoms with Gasteiger partial charge in [-0.25, -0.2) is 19.2 Å². The normalized spacial score (nSPS) is 13.6. The molecule has 0 amide bonds. The number of alkyl halides is 12. The molecule has 0 spiro atoms. The molecule has 0 aromatic rings. The topological polar surface area (TPSA) is 179 Å². The van der Waals surface area contributed by atoms with Gasteiger partial charge in [-0.2, -0.15) is 52.7 Å². The minimum absolute atomic E-state index is 0. The summed E-state index contributed by atoms with van der Waals surface area (Å²) in [6.07, 6.45) is -22.8. The first-order valence-electron chi connectivity index (χ1n) is 31.2. The third kappa shape index (κ3) is 51.1. The van der Waals surface area contributed by atoms with Gasteiger partial charge in [0.25, 0.3) is 0 Å². The first-order valence-corrected chi connectivity index (χ1v) is 54.6. The van der Waals surface area contributed by atoms with E-state index in [0.717, 1.165) is 56.3 Å². The monoisotopic (exact) mass is 1720 g/mol. The van der Waals surface area contributed by atoms with Gasteiger partial charge < -0.3 is 53.1 Å². The van der Waals surface area contributed by atoms with Gasteiger partial charge in [0, 0.05) is 50.0 Å². The summed E-state index contributed by atoms with van der Waals surface area (Å²) in [5, 5.41) is 0. The zero-order valence-corrected chi connectivity index (χ0v) is 70.1. The zero-order chi connectivity index (χ0) is 75.1. The van der Waals surface area contributed by atoms with E-state index < -0.39 is 130 Å². The number of halogens is 12. The van der Waals surface area contributed by atoms with E-state index >= 15 is 0 Å². The molecule has 568 valence electrons. The fourth-order valence-electron chi connectivity index (χ4n) is 9.35. The standard InChI is InChI=1S/C29H54F6O8Si4.C24H50O7Si4.C6H6F6O.Pt/c1-23(2)25(36)38-17-12-14-20-44(5,6)41-46(9,10)43-47(11,22-16-19-40-27(28(30,31)32)29(33,34)35)42-45(7,8)21-15-13-18-39-26(37)24(3)4;1-21(2)23(25)27-17-13-15-19-32(5,6)29-34(9,10)31-35(11,12)30-33(7,8)20-16-14-18-28-24(26)22(3)4;1-2-3-13-4(5(7,8)9)6(10,11)12;/h27H,1,3,12-22H2,2,4-11H3;1,3,13-20H2,2,4-12H3;2,4H,1,3H2;. The van der Waals surface area contributed by atoms with Gasteiger partial charge in [-0.15, -0.1) is 6.58 Å². The fraction of sp³-hybridized carbons (Fsp3) is 0.763. The predicted molar refractivity (Wildman–Crippen MR) is 363 cm³/mol. The molecule has 37 heteroatoms. The van der Waals surface area contributed by atoms with E-state index in [2.05, 4.69) is 94.7 Å². The van der Waals surface area contributed by atoms with Crippen molar-refractivity contribution in [2.24, 2.45) is 0 Å². The van der Waals surface area contributed by atoms with Gasteiger partial charge >= 0.3 is 82.8 Å². The summed E-state index contributed by atoms with van der Waals surface area (Å²) >= 11 is 0. The van der Waals surface area contributed by atoms with Crippen LogP contribution in [-0.2, 0) is 93.4 Å². The van der Waals surface area contributed by atoms with Gasteiger partial charge in [0.05, 0.1) is 33.0 Å². The molecule has 96 heavy (non-hydrogen) atoms. The van der Waals surface area contributed by atoms with Gasteiger partial charge in [0.1, 0.15) is 0 Å². The van der Waals surface area contributed by atoms with E-state index in [4.69, 9.17) is 43.6 Å². The second kappa shape index (κ2) is 44.4. The van der Waals surface area contributed by atoms with Crippen LogP contribution < -0.4 is 0 Å². The van der Waals surface area contributed by atoms with Crippen molar-refractivity contribution in [3.8, 4) is 0 Å². The van der Waals surface area contributed by atoms with Crippen LogP contribution in [0.2, 0.25) is 128 Å². The zero-order valence-electron chi connectivity index (χ0n) is 59.8. The molecule has 0 fully saturated rings. The molecule has 0 saturated carbocycles. The van der Waals surface area contributed by atoms with Crippen LogP contribution in [-0.4, -0.2) is 168 Å². The number of carbonyl (C=O) groups is 4. The molecule has 0 N–H and O–H groups in total. The maximum absolute atomic E-state index is 13.0. The molecule has 0 aromatic carbocycles. The van der Waals surface area contributed by atoms with Crippen molar-refractivity contribution in [1.82, 2.24) is 0 Å². The number of carbonyl (C=O) groups excluding carboxylic acids is 4. The van der Waals surface area contributed by atoms with Crippen LogP contribution in [0.25, 0.3) is 0 Å². The van der Waals surface area contributed by atoms with Gasteiger partial charge in [-0.1, -0.05) is 58.1 Å². The first-order chi connectivity index (χ1) is 42.6. The van der Waals surface area contributed by atoms with Crippen LogP contribution in [0.4, 0.5) is 52.7 Å². The van der Waals surface area contributed by atoms with Crippen LogP contribution in [0, 0.1) is 0 Å². The van der Waals surface area contributed by atoms with Crippen LogP contribution in [0.5, 0.6) is 0 Å². The Morgan fingerprint density at radius 2 is 0.583 bits per heavy atom. The molecule has 0 aliphatic rings. The maximum Gasteiger partial charge on any atom is 0.423 e. The first kappa shape index (κ1) is 100.